The number of carbonyl (C=O) groups is 1. The monoisotopic (exact) mass is 399 g/mol. The van der Waals surface area contributed by atoms with Crippen LogP contribution in [-0.4, -0.2) is 53.8 Å². The topological polar surface area (TPSA) is 69.9 Å². The minimum atomic E-state index is -0.427. The molecule has 8 heteroatoms. The Balaban J connectivity index is 1.62. The number of rotatable bonds is 6. The summed E-state index contributed by atoms with van der Waals surface area (Å²) in [6, 6.07) is 9.67. The first-order valence-electron chi connectivity index (χ1n) is 9.73. The van der Waals surface area contributed by atoms with Gasteiger partial charge in [-0.3, -0.25) is 9.59 Å². The summed E-state index contributed by atoms with van der Waals surface area (Å²) in [5, 5.41) is 4.04. The molecule has 7 nitrogen and oxygen atoms in total. The van der Waals surface area contributed by atoms with E-state index in [1.807, 2.05) is 0 Å². The molecule has 1 aliphatic rings. The summed E-state index contributed by atoms with van der Waals surface area (Å²) in [5.74, 6) is -0.729. The molecule has 1 fully saturated rings. The zero-order valence-corrected chi connectivity index (χ0v) is 16.8. The van der Waals surface area contributed by atoms with Crippen LogP contribution in [0.2, 0.25) is 0 Å². The molecular weight excluding hydrogens is 373 g/mol. The van der Waals surface area contributed by atoms with Gasteiger partial charge in [0.15, 0.2) is 0 Å². The van der Waals surface area contributed by atoms with E-state index in [9.17, 15) is 14.0 Å². The van der Waals surface area contributed by atoms with Gasteiger partial charge in [-0.05, 0) is 31.7 Å². The molecule has 0 atom stereocenters. The van der Waals surface area contributed by atoms with Crippen LogP contribution >= 0.6 is 0 Å². The fraction of sp³-hybridized carbons (Fsp3) is 0.381. The molecule has 1 amide bonds. The molecule has 0 saturated carbocycles. The second-order valence-corrected chi connectivity index (χ2v) is 6.99. The molecule has 0 unspecified atom stereocenters. The highest BCUT2D eigenvalue weighted by Crippen LogP contribution is 2.22. The van der Waals surface area contributed by atoms with E-state index in [0.717, 1.165) is 32.7 Å². The van der Waals surface area contributed by atoms with Gasteiger partial charge in [-0.1, -0.05) is 19.1 Å². The normalized spacial score (nSPS) is 15.4. The first-order chi connectivity index (χ1) is 14.0. The minimum Gasteiger partial charge on any atom is -0.367 e. The first-order valence-corrected chi connectivity index (χ1v) is 9.73. The average Bonchev–Trinajstić information content (AvgIpc) is 2.73. The van der Waals surface area contributed by atoms with E-state index in [1.54, 1.807) is 31.2 Å². The van der Waals surface area contributed by atoms with Crippen molar-refractivity contribution in [3.05, 3.63) is 64.3 Å². The van der Waals surface area contributed by atoms with Crippen molar-refractivity contribution in [2.24, 2.45) is 5.10 Å². The third-order valence-corrected chi connectivity index (χ3v) is 5.09. The Morgan fingerprint density at radius 1 is 1.17 bits per heavy atom. The molecule has 0 spiro atoms. The molecule has 29 heavy (non-hydrogen) atoms. The van der Waals surface area contributed by atoms with Crippen molar-refractivity contribution < 1.29 is 9.18 Å². The van der Waals surface area contributed by atoms with Crippen molar-refractivity contribution in [1.29, 1.82) is 0 Å². The average molecular weight is 399 g/mol. The van der Waals surface area contributed by atoms with E-state index in [2.05, 4.69) is 27.3 Å². The molecule has 1 N–H and O–H groups in total. The molecule has 154 valence electrons. The smallest absolute Gasteiger partial charge is 0.260 e. The Hall–Kier alpha value is -3.00. The molecule has 3 rings (SSSR count). The van der Waals surface area contributed by atoms with Gasteiger partial charge >= 0.3 is 0 Å². The van der Waals surface area contributed by atoms with Crippen molar-refractivity contribution in [3.8, 4) is 0 Å². The number of anilines is 1. The van der Waals surface area contributed by atoms with Gasteiger partial charge in [0.05, 0.1) is 11.4 Å². The fourth-order valence-corrected chi connectivity index (χ4v) is 3.29. The number of hydrogen-bond acceptors (Lipinski definition) is 5. The van der Waals surface area contributed by atoms with Gasteiger partial charge in [0, 0.05) is 44.0 Å². The number of hydrazone groups is 1. The van der Waals surface area contributed by atoms with E-state index >= 15 is 0 Å². The zero-order valence-electron chi connectivity index (χ0n) is 16.8. The van der Waals surface area contributed by atoms with Gasteiger partial charge in [-0.25, -0.2) is 9.82 Å². The first kappa shape index (κ1) is 20.7. The summed E-state index contributed by atoms with van der Waals surface area (Å²) >= 11 is 0. The lowest BCUT2D eigenvalue weighted by Crippen LogP contribution is -2.46. The van der Waals surface area contributed by atoms with E-state index in [1.165, 1.54) is 22.9 Å². The summed E-state index contributed by atoms with van der Waals surface area (Å²) in [6.07, 6.45) is 1.53. The predicted octanol–water partition coefficient (Wildman–Crippen LogP) is 1.67. The van der Waals surface area contributed by atoms with Crippen LogP contribution in [0.25, 0.3) is 0 Å². The maximum Gasteiger partial charge on any atom is 0.260 e. The molecule has 2 heterocycles. The molecule has 0 aliphatic carbocycles. The van der Waals surface area contributed by atoms with Gasteiger partial charge in [-0.2, -0.15) is 5.10 Å². The summed E-state index contributed by atoms with van der Waals surface area (Å²) in [5.41, 5.74) is 3.82. The Labute approximate surface area is 169 Å². The van der Waals surface area contributed by atoms with Crippen LogP contribution in [0.15, 0.2) is 52.5 Å². The number of benzene rings is 1. The number of halogens is 1. The molecule has 1 saturated heterocycles. The Kier molecular flexibility index (Phi) is 6.77. The van der Waals surface area contributed by atoms with Crippen molar-refractivity contribution in [3.63, 3.8) is 0 Å². The van der Waals surface area contributed by atoms with Gasteiger partial charge in [0.1, 0.15) is 12.4 Å². The maximum atomic E-state index is 14.7. The third kappa shape index (κ3) is 5.29. The van der Waals surface area contributed by atoms with Crippen molar-refractivity contribution in [2.45, 2.75) is 20.4 Å². The third-order valence-electron chi connectivity index (χ3n) is 5.09. The number of piperazine rings is 1. The number of carbonyl (C=O) groups excluding carboxylic acids is 1. The van der Waals surface area contributed by atoms with Gasteiger partial charge in [-0.15, -0.1) is 0 Å². The van der Waals surface area contributed by atoms with Crippen molar-refractivity contribution >= 4 is 17.3 Å². The van der Waals surface area contributed by atoms with Crippen LogP contribution in [0.3, 0.4) is 0 Å². The standard InChI is InChI=1S/C21H26FN5O2/c1-3-25-10-12-26(13-11-25)19-8-7-17(14-18(19)22)16(2)23-24-20(28)15-27-9-5-4-6-21(27)29/h4-9,14H,3,10-13,15H2,1-2H3,(H,24,28)/b23-16-. The van der Waals surface area contributed by atoms with Crippen LogP contribution in [0.1, 0.15) is 19.4 Å². The molecule has 1 aliphatic heterocycles. The summed E-state index contributed by atoms with van der Waals surface area (Å²) in [6.45, 7) is 8.15. The number of nitrogens with zero attached hydrogens (tertiary/aromatic N) is 4. The number of amides is 1. The fourth-order valence-electron chi connectivity index (χ4n) is 3.29. The molecule has 0 bridgehead atoms. The SMILES string of the molecule is CCN1CCN(c2ccc(/C(C)=N\NC(=O)Cn3ccccc3=O)cc2F)CC1. The summed E-state index contributed by atoms with van der Waals surface area (Å²) in [4.78, 5) is 28.1. The summed E-state index contributed by atoms with van der Waals surface area (Å²) < 4.78 is 16.0. The molecule has 0 radical (unpaired) electrons. The maximum absolute atomic E-state index is 14.7. The van der Waals surface area contributed by atoms with Gasteiger partial charge in [0.2, 0.25) is 0 Å². The Morgan fingerprint density at radius 3 is 2.59 bits per heavy atom. The molecule has 2 aromatic rings. The zero-order chi connectivity index (χ0) is 20.8. The lowest BCUT2D eigenvalue weighted by molar-refractivity contribution is -0.121. The quantitative estimate of drug-likeness (QED) is 0.593. The van der Waals surface area contributed by atoms with Crippen LogP contribution in [0.5, 0.6) is 0 Å². The highest BCUT2D eigenvalue weighted by molar-refractivity contribution is 5.99. The number of nitrogens with one attached hydrogen (secondary N) is 1. The van der Waals surface area contributed by atoms with Crippen molar-refractivity contribution in [1.82, 2.24) is 14.9 Å². The number of pyridine rings is 1. The number of likely N-dealkylation sites (N-methyl/N-ethyl adjacent to an activating group) is 1. The lowest BCUT2D eigenvalue weighted by atomic mass is 10.1. The Morgan fingerprint density at radius 2 is 1.93 bits per heavy atom. The molecule has 1 aromatic carbocycles. The van der Waals surface area contributed by atoms with E-state index in [0.29, 0.717) is 17.0 Å². The largest absolute Gasteiger partial charge is 0.367 e. The van der Waals surface area contributed by atoms with Crippen LogP contribution in [0.4, 0.5) is 10.1 Å². The lowest BCUT2D eigenvalue weighted by Gasteiger charge is -2.35. The highest BCUT2D eigenvalue weighted by atomic mass is 19.1. The van der Waals surface area contributed by atoms with Crippen LogP contribution in [0, 0.1) is 5.82 Å². The number of hydrogen-bond donors (Lipinski definition) is 1. The van der Waals surface area contributed by atoms with Gasteiger partial charge in [0.25, 0.3) is 11.5 Å². The second-order valence-electron chi connectivity index (χ2n) is 6.99. The van der Waals surface area contributed by atoms with Crippen LogP contribution in [-0.2, 0) is 11.3 Å². The van der Waals surface area contributed by atoms with E-state index in [4.69, 9.17) is 0 Å². The minimum absolute atomic E-state index is 0.131. The molecule has 1 aromatic heterocycles. The van der Waals surface area contributed by atoms with Crippen molar-refractivity contribution in [2.75, 3.05) is 37.6 Å². The highest BCUT2D eigenvalue weighted by Gasteiger charge is 2.19. The van der Waals surface area contributed by atoms with E-state index < -0.39 is 5.91 Å². The van der Waals surface area contributed by atoms with Crippen LogP contribution < -0.4 is 15.9 Å². The van der Waals surface area contributed by atoms with E-state index in [-0.39, 0.29) is 17.9 Å². The Bertz CT molecular complexity index is 948. The number of aromatic nitrogens is 1. The van der Waals surface area contributed by atoms with Gasteiger partial charge < -0.3 is 14.4 Å². The predicted molar refractivity (Wildman–Crippen MR) is 112 cm³/mol. The molecular formula is C21H26FN5O2. The second kappa shape index (κ2) is 9.47. The summed E-state index contributed by atoms with van der Waals surface area (Å²) in [7, 11) is 0.